The Labute approximate surface area is 107 Å². The highest BCUT2D eigenvalue weighted by molar-refractivity contribution is 6.04. The van der Waals surface area contributed by atoms with E-state index < -0.39 is 0 Å². The summed E-state index contributed by atoms with van der Waals surface area (Å²) >= 11 is 0. The lowest BCUT2D eigenvalue weighted by molar-refractivity contribution is 0.102. The first-order valence-corrected chi connectivity index (χ1v) is 6.00. The maximum Gasteiger partial charge on any atom is 0.257 e. The third-order valence-corrected chi connectivity index (χ3v) is 2.79. The highest BCUT2D eigenvalue weighted by atomic mass is 16.1. The molecule has 1 N–H and O–H groups in total. The summed E-state index contributed by atoms with van der Waals surface area (Å²) in [6.07, 6.45) is 1.69. The van der Waals surface area contributed by atoms with E-state index in [1.165, 1.54) is 0 Å². The number of carbonyl (C=O) groups excluding carboxylic acids is 1. The van der Waals surface area contributed by atoms with Crippen molar-refractivity contribution >= 4 is 11.7 Å². The molecule has 0 saturated heterocycles. The van der Waals surface area contributed by atoms with Gasteiger partial charge in [0.25, 0.3) is 5.91 Å². The topological polar surface area (TPSA) is 46.9 Å². The van der Waals surface area contributed by atoms with Crippen molar-refractivity contribution in [2.24, 2.45) is 0 Å². The van der Waals surface area contributed by atoms with Crippen LogP contribution in [-0.2, 0) is 0 Å². The van der Waals surface area contributed by atoms with Crippen LogP contribution in [-0.4, -0.2) is 15.7 Å². The highest BCUT2D eigenvalue weighted by Crippen LogP contribution is 2.15. The van der Waals surface area contributed by atoms with Gasteiger partial charge in [-0.3, -0.25) is 4.79 Å². The van der Waals surface area contributed by atoms with Gasteiger partial charge in [0, 0.05) is 17.7 Å². The molecular weight excluding hydrogens is 226 g/mol. The molecule has 0 aliphatic heterocycles. The molecule has 18 heavy (non-hydrogen) atoms. The van der Waals surface area contributed by atoms with Gasteiger partial charge in [-0.25, -0.2) is 4.68 Å². The molecule has 0 bridgehead atoms. The number of hydrogen-bond donors (Lipinski definition) is 1. The van der Waals surface area contributed by atoms with Gasteiger partial charge in [0.15, 0.2) is 0 Å². The number of amides is 1. The lowest BCUT2D eigenvalue weighted by atomic mass is 10.1. The monoisotopic (exact) mass is 243 g/mol. The number of aromatic nitrogens is 2. The van der Waals surface area contributed by atoms with E-state index in [0.29, 0.717) is 5.56 Å². The summed E-state index contributed by atoms with van der Waals surface area (Å²) in [6, 6.07) is 9.55. The van der Waals surface area contributed by atoms with Crippen LogP contribution in [0.3, 0.4) is 0 Å². The van der Waals surface area contributed by atoms with Gasteiger partial charge >= 0.3 is 0 Å². The van der Waals surface area contributed by atoms with E-state index in [0.717, 1.165) is 11.4 Å². The van der Waals surface area contributed by atoms with Crippen LogP contribution >= 0.6 is 0 Å². The smallest absolute Gasteiger partial charge is 0.257 e. The SMILES string of the molecule is Cc1ccccc1C(=O)Nc1ccnn1C(C)C. The zero-order chi connectivity index (χ0) is 13.1. The van der Waals surface area contributed by atoms with Gasteiger partial charge in [-0.1, -0.05) is 18.2 Å². The fourth-order valence-electron chi connectivity index (χ4n) is 1.84. The van der Waals surface area contributed by atoms with Crippen molar-refractivity contribution in [1.29, 1.82) is 0 Å². The average molecular weight is 243 g/mol. The van der Waals surface area contributed by atoms with E-state index >= 15 is 0 Å². The minimum atomic E-state index is -0.101. The van der Waals surface area contributed by atoms with Crippen LogP contribution in [0, 0.1) is 6.92 Å². The molecule has 0 unspecified atom stereocenters. The largest absolute Gasteiger partial charge is 0.307 e. The molecule has 0 aliphatic carbocycles. The number of nitrogens with zero attached hydrogens (tertiary/aromatic N) is 2. The van der Waals surface area contributed by atoms with E-state index in [4.69, 9.17) is 0 Å². The Morgan fingerprint density at radius 3 is 2.67 bits per heavy atom. The van der Waals surface area contributed by atoms with Crippen molar-refractivity contribution in [3.8, 4) is 0 Å². The number of rotatable bonds is 3. The summed E-state index contributed by atoms with van der Waals surface area (Å²) in [5.41, 5.74) is 1.65. The molecule has 0 saturated carbocycles. The van der Waals surface area contributed by atoms with Crippen molar-refractivity contribution in [3.05, 3.63) is 47.7 Å². The van der Waals surface area contributed by atoms with Crippen LogP contribution in [0.5, 0.6) is 0 Å². The summed E-state index contributed by atoms with van der Waals surface area (Å²) < 4.78 is 1.79. The first-order valence-electron chi connectivity index (χ1n) is 6.00. The quantitative estimate of drug-likeness (QED) is 0.900. The third-order valence-electron chi connectivity index (χ3n) is 2.79. The first kappa shape index (κ1) is 12.4. The number of anilines is 1. The number of aryl methyl sites for hydroxylation is 1. The Kier molecular flexibility index (Phi) is 3.46. The Bertz CT molecular complexity index is 558. The molecule has 0 radical (unpaired) electrons. The van der Waals surface area contributed by atoms with Crippen molar-refractivity contribution in [1.82, 2.24) is 9.78 Å². The number of benzene rings is 1. The van der Waals surface area contributed by atoms with Crippen molar-refractivity contribution in [3.63, 3.8) is 0 Å². The molecule has 4 nitrogen and oxygen atoms in total. The molecule has 0 fully saturated rings. The normalized spacial score (nSPS) is 10.7. The van der Waals surface area contributed by atoms with Crippen molar-refractivity contribution in [2.75, 3.05) is 5.32 Å². The highest BCUT2D eigenvalue weighted by Gasteiger charge is 2.12. The molecule has 4 heteroatoms. The molecule has 1 aromatic carbocycles. The van der Waals surface area contributed by atoms with Gasteiger partial charge in [-0.05, 0) is 32.4 Å². The van der Waals surface area contributed by atoms with E-state index in [1.807, 2.05) is 45.0 Å². The van der Waals surface area contributed by atoms with Crippen LogP contribution in [0.1, 0.15) is 35.8 Å². The Hall–Kier alpha value is -2.10. The van der Waals surface area contributed by atoms with Crippen LogP contribution in [0.2, 0.25) is 0 Å². The van der Waals surface area contributed by atoms with E-state index in [-0.39, 0.29) is 11.9 Å². The molecule has 1 aromatic heterocycles. The first-order chi connectivity index (χ1) is 8.59. The van der Waals surface area contributed by atoms with Gasteiger partial charge in [0.2, 0.25) is 0 Å². The molecule has 0 spiro atoms. The standard InChI is InChI=1S/C14H17N3O/c1-10(2)17-13(8-9-15-17)16-14(18)12-7-5-4-6-11(12)3/h4-10H,1-3H3,(H,16,18). The summed E-state index contributed by atoms with van der Waals surface area (Å²) in [7, 11) is 0. The van der Waals surface area contributed by atoms with Crippen molar-refractivity contribution < 1.29 is 4.79 Å². The maximum atomic E-state index is 12.2. The van der Waals surface area contributed by atoms with E-state index in [2.05, 4.69) is 10.4 Å². The molecule has 0 aliphatic rings. The van der Waals surface area contributed by atoms with Gasteiger partial charge in [-0.15, -0.1) is 0 Å². The lowest BCUT2D eigenvalue weighted by Crippen LogP contribution is -2.17. The van der Waals surface area contributed by atoms with Crippen LogP contribution in [0.4, 0.5) is 5.82 Å². The number of carbonyl (C=O) groups is 1. The summed E-state index contributed by atoms with van der Waals surface area (Å²) in [6.45, 7) is 5.97. The van der Waals surface area contributed by atoms with Crippen LogP contribution < -0.4 is 5.32 Å². The Morgan fingerprint density at radius 1 is 1.28 bits per heavy atom. The molecular formula is C14H17N3O. The molecule has 1 heterocycles. The minimum absolute atomic E-state index is 0.101. The van der Waals surface area contributed by atoms with Gasteiger partial charge < -0.3 is 5.32 Å². The molecule has 2 aromatic rings. The fraction of sp³-hybridized carbons (Fsp3) is 0.286. The maximum absolute atomic E-state index is 12.2. The molecule has 94 valence electrons. The molecule has 1 amide bonds. The third kappa shape index (κ3) is 2.42. The fourth-order valence-corrected chi connectivity index (χ4v) is 1.84. The van der Waals surface area contributed by atoms with E-state index in [9.17, 15) is 4.79 Å². The minimum Gasteiger partial charge on any atom is -0.307 e. The van der Waals surface area contributed by atoms with Gasteiger partial charge in [0.1, 0.15) is 5.82 Å². The predicted octanol–water partition coefficient (Wildman–Crippen LogP) is 3.02. The van der Waals surface area contributed by atoms with Crippen LogP contribution in [0.25, 0.3) is 0 Å². The Balaban J connectivity index is 2.22. The summed E-state index contributed by atoms with van der Waals surface area (Å²) in [4.78, 5) is 12.2. The van der Waals surface area contributed by atoms with Gasteiger partial charge in [-0.2, -0.15) is 5.10 Å². The summed E-state index contributed by atoms with van der Waals surface area (Å²) in [5, 5.41) is 7.08. The van der Waals surface area contributed by atoms with Crippen molar-refractivity contribution in [2.45, 2.75) is 26.8 Å². The second kappa shape index (κ2) is 5.04. The number of hydrogen-bond acceptors (Lipinski definition) is 2. The predicted molar refractivity (Wildman–Crippen MR) is 71.7 cm³/mol. The average Bonchev–Trinajstić information content (AvgIpc) is 2.77. The van der Waals surface area contributed by atoms with E-state index in [1.54, 1.807) is 16.9 Å². The molecule has 0 atom stereocenters. The number of nitrogens with one attached hydrogen (secondary N) is 1. The Morgan fingerprint density at radius 2 is 2.00 bits per heavy atom. The molecule has 2 rings (SSSR count). The second-order valence-corrected chi connectivity index (χ2v) is 4.52. The van der Waals surface area contributed by atoms with Crippen LogP contribution in [0.15, 0.2) is 36.5 Å². The zero-order valence-electron chi connectivity index (χ0n) is 10.8. The summed E-state index contributed by atoms with van der Waals surface area (Å²) in [5.74, 6) is 0.619. The lowest BCUT2D eigenvalue weighted by Gasteiger charge is -2.12. The second-order valence-electron chi connectivity index (χ2n) is 4.52. The van der Waals surface area contributed by atoms with Gasteiger partial charge in [0.05, 0.1) is 6.20 Å². The zero-order valence-corrected chi connectivity index (χ0v) is 10.8.